The standard InChI is InChI=1S/C22H28N4O3/c1-25-15-18(26-11-8-17(23)9-12-26)5-7-22(25)24-19(10-13-27)16-4-6-20(28-2)21(14-16)29-3/h4-7,10,13-15,17H,8-9,11-12,23H2,1-3H3/b19-10-,24-22-. The predicted molar refractivity (Wildman–Crippen MR) is 114 cm³/mol. The molecule has 0 bridgehead atoms. The molecule has 1 aromatic heterocycles. The van der Waals surface area contributed by atoms with E-state index in [1.165, 1.54) is 6.08 Å². The van der Waals surface area contributed by atoms with Gasteiger partial charge >= 0.3 is 0 Å². The average Bonchev–Trinajstić information content (AvgIpc) is 2.74. The Hall–Kier alpha value is -3.06. The van der Waals surface area contributed by atoms with Gasteiger partial charge < -0.3 is 24.7 Å². The molecule has 1 saturated heterocycles. The quantitative estimate of drug-likeness (QED) is 0.597. The van der Waals surface area contributed by atoms with Crippen molar-refractivity contribution in [1.82, 2.24) is 4.57 Å². The molecule has 1 aliphatic heterocycles. The van der Waals surface area contributed by atoms with E-state index < -0.39 is 0 Å². The van der Waals surface area contributed by atoms with Crippen LogP contribution in [-0.2, 0) is 11.8 Å². The van der Waals surface area contributed by atoms with Crippen LogP contribution in [0.4, 0.5) is 5.69 Å². The van der Waals surface area contributed by atoms with Crippen LogP contribution < -0.4 is 25.6 Å². The number of aldehydes is 1. The van der Waals surface area contributed by atoms with Gasteiger partial charge in [-0.2, -0.15) is 0 Å². The molecule has 0 atom stereocenters. The summed E-state index contributed by atoms with van der Waals surface area (Å²) in [6.07, 6.45) is 6.24. The highest BCUT2D eigenvalue weighted by Crippen LogP contribution is 2.30. The van der Waals surface area contributed by atoms with Gasteiger partial charge in [0.25, 0.3) is 0 Å². The van der Waals surface area contributed by atoms with Crippen LogP contribution in [-0.4, -0.2) is 44.2 Å². The molecule has 3 rings (SSSR count). The minimum atomic E-state index is 0.298. The number of piperidine rings is 1. The number of rotatable bonds is 6. The summed E-state index contributed by atoms with van der Waals surface area (Å²) < 4.78 is 12.6. The van der Waals surface area contributed by atoms with Crippen LogP contribution in [0.3, 0.4) is 0 Å². The number of aryl methyl sites for hydroxylation is 1. The molecule has 2 aromatic rings. The van der Waals surface area contributed by atoms with Gasteiger partial charge in [0, 0.05) is 44.0 Å². The Balaban J connectivity index is 1.93. The summed E-state index contributed by atoms with van der Waals surface area (Å²) in [5, 5.41) is 0. The monoisotopic (exact) mass is 396 g/mol. The Kier molecular flexibility index (Phi) is 6.72. The maximum absolute atomic E-state index is 11.2. The third-order valence-electron chi connectivity index (χ3n) is 5.14. The number of ether oxygens (including phenoxy) is 2. The lowest BCUT2D eigenvalue weighted by atomic mass is 10.1. The molecule has 0 amide bonds. The van der Waals surface area contributed by atoms with Gasteiger partial charge in [0.05, 0.1) is 25.6 Å². The van der Waals surface area contributed by atoms with Crippen LogP contribution in [0.25, 0.3) is 5.70 Å². The molecule has 154 valence electrons. The van der Waals surface area contributed by atoms with Crippen molar-refractivity contribution >= 4 is 17.7 Å². The molecule has 7 nitrogen and oxygen atoms in total. The van der Waals surface area contributed by atoms with Crippen molar-refractivity contribution in [2.75, 3.05) is 32.2 Å². The second kappa shape index (κ2) is 9.43. The minimum Gasteiger partial charge on any atom is -0.493 e. The Morgan fingerprint density at radius 2 is 1.86 bits per heavy atom. The zero-order chi connectivity index (χ0) is 20.8. The van der Waals surface area contributed by atoms with Crippen molar-refractivity contribution in [3.8, 4) is 11.5 Å². The number of allylic oxidation sites excluding steroid dienone is 1. The molecule has 0 radical (unpaired) electrons. The predicted octanol–water partition coefficient (Wildman–Crippen LogP) is 2.11. The summed E-state index contributed by atoms with van der Waals surface area (Å²) in [4.78, 5) is 18.3. The Morgan fingerprint density at radius 1 is 1.14 bits per heavy atom. The molecule has 0 saturated carbocycles. The molecule has 1 aliphatic rings. The topological polar surface area (TPSA) is 82.1 Å². The Labute approximate surface area is 171 Å². The van der Waals surface area contributed by atoms with Crippen LogP contribution in [0.5, 0.6) is 11.5 Å². The van der Waals surface area contributed by atoms with Crippen LogP contribution in [0.15, 0.2) is 47.6 Å². The highest BCUT2D eigenvalue weighted by molar-refractivity contribution is 5.81. The molecular formula is C22H28N4O3. The highest BCUT2D eigenvalue weighted by atomic mass is 16.5. The number of aromatic nitrogens is 1. The Morgan fingerprint density at radius 3 is 2.48 bits per heavy atom. The number of hydrogen-bond donors (Lipinski definition) is 1. The number of pyridine rings is 1. The third kappa shape index (κ3) is 4.86. The van der Waals surface area contributed by atoms with Gasteiger partial charge in [-0.1, -0.05) is 0 Å². The lowest BCUT2D eigenvalue weighted by Crippen LogP contribution is -2.40. The highest BCUT2D eigenvalue weighted by Gasteiger charge is 2.16. The second-order valence-electron chi connectivity index (χ2n) is 7.05. The molecule has 29 heavy (non-hydrogen) atoms. The van der Waals surface area contributed by atoms with Gasteiger partial charge in [-0.15, -0.1) is 0 Å². The van der Waals surface area contributed by atoms with Crippen LogP contribution in [0.1, 0.15) is 18.4 Å². The smallest absolute Gasteiger partial charge is 0.161 e. The number of nitrogens with zero attached hydrogens (tertiary/aromatic N) is 3. The maximum atomic E-state index is 11.2. The molecular weight excluding hydrogens is 368 g/mol. The van der Waals surface area contributed by atoms with Crippen molar-refractivity contribution in [3.63, 3.8) is 0 Å². The molecule has 1 aromatic carbocycles. The number of carbonyl (C=O) groups is 1. The number of nitrogens with two attached hydrogens (primary N) is 1. The number of hydrogen-bond acceptors (Lipinski definition) is 6. The van der Waals surface area contributed by atoms with Gasteiger partial charge in [0.2, 0.25) is 0 Å². The third-order valence-corrected chi connectivity index (χ3v) is 5.14. The summed E-state index contributed by atoms with van der Waals surface area (Å²) in [6, 6.07) is 9.78. The summed E-state index contributed by atoms with van der Waals surface area (Å²) >= 11 is 0. The summed E-state index contributed by atoms with van der Waals surface area (Å²) in [5.41, 5.74) is 9.21. The molecule has 0 unspecified atom stereocenters. The lowest BCUT2D eigenvalue weighted by Gasteiger charge is -2.32. The number of benzene rings is 1. The molecule has 2 N–H and O–H groups in total. The largest absolute Gasteiger partial charge is 0.493 e. The zero-order valence-corrected chi connectivity index (χ0v) is 17.2. The van der Waals surface area contributed by atoms with E-state index in [0.29, 0.717) is 23.2 Å². The summed E-state index contributed by atoms with van der Waals surface area (Å²) in [5.74, 6) is 1.21. The SMILES string of the molecule is COc1ccc(C(=C/C=O)/N=c2/ccc(N3CCC(N)CC3)cn2C)cc1OC. The zero-order valence-electron chi connectivity index (χ0n) is 17.2. The van der Waals surface area contributed by atoms with E-state index in [1.54, 1.807) is 20.3 Å². The van der Waals surface area contributed by atoms with Crippen molar-refractivity contribution in [3.05, 3.63) is 53.7 Å². The van der Waals surface area contributed by atoms with Gasteiger partial charge in [-0.25, -0.2) is 4.99 Å². The first-order valence-corrected chi connectivity index (χ1v) is 9.65. The normalized spacial score (nSPS) is 16.1. The van der Waals surface area contributed by atoms with E-state index in [-0.39, 0.29) is 0 Å². The average molecular weight is 396 g/mol. The first kappa shape index (κ1) is 20.7. The molecule has 0 spiro atoms. The van der Waals surface area contributed by atoms with Crippen molar-refractivity contribution in [1.29, 1.82) is 0 Å². The summed E-state index contributed by atoms with van der Waals surface area (Å²) in [6.45, 7) is 1.92. The van der Waals surface area contributed by atoms with Crippen molar-refractivity contribution in [2.24, 2.45) is 17.8 Å². The van der Waals surface area contributed by atoms with Gasteiger partial charge in [-0.3, -0.25) is 4.79 Å². The number of carbonyl (C=O) groups excluding carboxylic acids is 1. The van der Waals surface area contributed by atoms with Crippen LogP contribution in [0.2, 0.25) is 0 Å². The molecule has 0 aliphatic carbocycles. The van der Waals surface area contributed by atoms with E-state index >= 15 is 0 Å². The number of anilines is 1. The van der Waals surface area contributed by atoms with Crippen molar-refractivity contribution < 1.29 is 14.3 Å². The first-order chi connectivity index (χ1) is 14.0. The van der Waals surface area contributed by atoms with Crippen molar-refractivity contribution in [2.45, 2.75) is 18.9 Å². The number of methoxy groups -OCH3 is 2. The van der Waals surface area contributed by atoms with Gasteiger partial charge in [0.15, 0.2) is 11.5 Å². The fourth-order valence-electron chi connectivity index (χ4n) is 3.43. The summed E-state index contributed by atoms with van der Waals surface area (Å²) in [7, 11) is 5.11. The molecule has 7 heteroatoms. The van der Waals surface area contributed by atoms with Crippen LogP contribution >= 0.6 is 0 Å². The maximum Gasteiger partial charge on any atom is 0.161 e. The van der Waals surface area contributed by atoms with E-state index in [1.807, 2.05) is 29.8 Å². The van der Waals surface area contributed by atoms with E-state index in [2.05, 4.69) is 17.2 Å². The molecule has 1 fully saturated rings. The van der Waals surface area contributed by atoms with Crippen LogP contribution in [0, 0.1) is 0 Å². The van der Waals surface area contributed by atoms with Gasteiger partial charge in [0.1, 0.15) is 11.8 Å². The minimum absolute atomic E-state index is 0.298. The fraction of sp³-hybridized carbons (Fsp3) is 0.364. The Bertz CT molecular complexity index is 957. The fourth-order valence-corrected chi connectivity index (χ4v) is 3.43. The van der Waals surface area contributed by atoms with Gasteiger partial charge in [-0.05, 0) is 43.2 Å². The van der Waals surface area contributed by atoms with E-state index in [9.17, 15) is 4.79 Å². The first-order valence-electron chi connectivity index (χ1n) is 9.65. The van der Waals surface area contributed by atoms with E-state index in [0.717, 1.165) is 49.0 Å². The second-order valence-corrected chi connectivity index (χ2v) is 7.05. The van der Waals surface area contributed by atoms with E-state index in [4.69, 9.17) is 20.2 Å². The molecule has 2 heterocycles. The lowest BCUT2D eigenvalue weighted by molar-refractivity contribution is -0.104.